The number of allylic oxidation sites excluding steroid dienone is 4. The number of aromatic nitrogens is 3. The summed E-state index contributed by atoms with van der Waals surface area (Å²) in [6.45, 7) is 0. The van der Waals surface area contributed by atoms with E-state index >= 15 is 0 Å². The number of benzene rings is 1. The lowest BCUT2D eigenvalue weighted by atomic mass is 9.98. The lowest BCUT2D eigenvalue weighted by Gasteiger charge is -2.12. The molecule has 1 aliphatic carbocycles. The normalized spacial score (nSPS) is 14.2. The first-order chi connectivity index (χ1) is 11.8. The van der Waals surface area contributed by atoms with Gasteiger partial charge >= 0.3 is 0 Å². The van der Waals surface area contributed by atoms with Gasteiger partial charge in [-0.3, -0.25) is 4.98 Å². The number of nitrogens with zero attached hydrogens (tertiary/aromatic N) is 3. The van der Waals surface area contributed by atoms with Gasteiger partial charge in [-0.15, -0.1) is 0 Å². The number of pyridine rings is 1. The van der Waals surface area contributed by atoms with Crippen LogP contribution in [0.5, 0.6) is 0 Å². The molecule has 0 unspecified atom stereocenters. The maximum Gasteiger partial charge on any atom is 0.141 e. The Morgan fingerprint density at radius 1 is 1.04 bits per heavy atom. The van der Waals surface area contributed by atoms with Gasteiger partial charge in [-0.2, -0.15) is 0 Å². The predicted molar refractivity (Wildman–Crippen MR) is 98.2 cm³/mol. The van der Waals surface area contributed by atoms with Crippen LogP contribution in [0.4, 0.5) is 11.5 Å². The van der Waals surface area contributed by atoms with Gasteiger partial charge in [-0.05, 0) is 54.3 Å². The molecule has 1 aromatic carbocycles. The van der Waals surface area contributed by atoms with E-state index in [0.29, 0.717) is 0 Å². The molecule has 5 heteroatoms. The third-order valence-electron chi connectivity index (χ3n) is 3.97. The molecule has 0 spiro atoms. The Morgan fingerprint density at radius 3 is 2.75 bits per heavy atom. The van der Waals surface area contributed by atoms with Crippen molar-refractivity contribution in [3.05, 3.63) is 71.8 Å². The largest absolute Gasteiger partial charge is 0.340 e. The van der Waals surface area contributed by atoms with Crippen molar-refractivity contribution < 1.29 is 0 Å². The molecule has 0 aliphatic heterocycles. The molecule has 0 saturated heterocycles. The van der Waals surface area contributed by atoms with Crippen molar-refractivity contribution in [3.8, 4) is 0 Å². The Labute approximate surface area is 144 Å². The van der Waals surface area contributed by atoms with E-state index in [-0.39, 0.29) is 0 Å². The van der Waals surface area contributed by atoms with E-state index in [2.05, 4.69) is 38.5 Å². The van der Waals surface area contributed by atoms with Gasteiger partial charge in [0.2, 0.25) is 0 Å². The molecule has 4 rings (SSSR count). The summed E-state index contributed by atoms with van der Waals surface area (Å²) in [5.41, 5.74) is 4.10. The fraction of sp³-hybridized carbons (Fsp3) is 0.105. The van der Waals surface area contributed by atoms with Gasteiger partial charge in [0.05, 0.1) is 5.52 Å². The highest BCUT2D eigenvalue weighted by Gasteiger charge is 2.09. The summed E-state index contributed by atoms with van der Waals surface area (Å²) >= 11 is 6.20. The minimum absolute atomic E-state index is 0.777. The van der Waals surface area contributed by atoms with Gasteiger partial charge in [-0.1, -0.05) is 23.7 Å². The van der Waals surface area contributed by atoms with Crippen molar-refractivity contribution in [1.82, 2.24) is 15.0 Å². The summed E-state index contributed by atoms with van der Waals surface area (Å²) in [5.74, 6) is 0.777. The van der Waals surface area contributed by atoms with Gasteiger partial charge in [0, 0.05) is 28.5 Å². The van der Waals surface area contributed by atoms with Crippen LogP contribution in [0.15, 0.2) is 66.2 Å². The lowest BCUT2D eigenvalue weighted by molar-refractivity contribution is 1.02. The number of halogens is 1. The Bertz CT molecular complexity index is 948. The van der Waals surface area contributed by atoms with Crippen LogP contribution in [0.3, 0.4) is 0 Å². The summed E-state index contributed by atoms with van der Waals surface area (Å²) in [6.07, 6.45) is 11.2. The zero-order valence-corrected chi connectivity index (χ0v) is 13.7. The molecule has 3 aromatic rings. The molecule has 0 fully saturated rings. The van der Waals surface area contributed by atoms with Gasteiger partial charge in [-0.25, -0.2) is 9.97 Å². The van der Waals surface area contributed by atoms with Crippen molar-refractivity contribution in [2.75, 3.05) is 5.32 Å². The van der Waals surface area contributed by atoms with Crippen LogP contribution in [0.25, 0.3) is 16.5 Å². The van der Waals surface area contributed by atoms with Crippen molar-refractivity contribution in [1.29, 1.82) is 0 Å². The fourth-order valence-corrected chi connectivity index (χ4v) is 3.00. The summed E-state index contributed by atoms with van der Waals surface area (Å²) in [4.78, 5) is 12.8. The molecule has 4 nitrogen and oxygen atoms in total. The van der Waals surface area contributed by atoms with E-state index in [0.717, 1.165) is 51.4 Å². The van der Waals surface area contributed by atoms with Crippen LogP contribution >= 0.6 is 11.6 Å². The molecule has 2 heterocycles. The number of anilines is 2. The number of fused-ring (bicyclic) bond motifs is 1. The third-order valence-corrected chi connectivity index (χ3v) is 4.27. The minimum Gasteiger partial charge on any atom is -0.340 e. The van der Waals surface area contributed by atoms with E-state index in [1.807, 2.05) is 24.3 Å². The summed E-state index contributed by atoms with van der Waals surface area (Å²) in [6, 6.07) is 10.0. The molecule has 0 radical (unpaired) electrons. The highest BCUT2D eigenvalue weighted by Crippen LogP contribution is 2.30. The van der Waals surface area contributed by atoms with Crippen molar-refractivity contribution in [2.45, 2.75) is 12.8 Å². The van der Waals surface area contributed by atoms with Crippen LogP contribution < -0.4 is 5.32 Å². The average molecular weight is 335 g/mol. The molecule has 2 aromatic heterocycles. The molecule has 1 N–H and O–H groups in total. The van der Waals surface area contributed by atoms with Gasteiger partial charge in [0.1, 0.15) is 12.1 Å². The molecule has 0 bridgehead atoms. The third kappa shape index (κ3) is 3.01. The predicted octanol–water partition coefficient (Wildman–Crippen LogP) is 5.07. The number of nitrogens with one attached hydrogen (secondary N) is 1. The smallest absolute Gasteiger partial charge is 0.141 e. The number of hydrogen-bond acceptors (Lipinski definition) is 4. The summed E-state index contributed by atoms with van der Waals surface area (Å²) in [5, 5.41) is 5.20. The van der Waals surface area contributed by atoms with Gasteiger partial charge < -0.3 is 5.32 Å². The highest BCUT2D eigenvalue weighted by molar-refractivity contribution is 6.30. The molecule has 24 heavy (non-hydrogen) atoms. The van der Waals surface area contributed by atoms with Crippen LogP contribution in [-0.2, 0) is 0 Å². The van der Waals surface area contributed by atoms with E-state index in [1.165, 1.54) is 0 Å². The second kappa shape index (κ2) is 6.42. The van der Waals surface area contributed by atoms with Crippen LogP contribution in [0.1, 0.15) is 18.4 Å². The first-order valence-corrected chi connectivity index (χ1v) is 8.16. The monoisotopic (exact) mass is 334 g/mol. The average Bonchev–Trinajstić information content (AvgIpc) is 2.63. The van der Waals surface area contributed by atoms with Gasteiger partial charge in [0.25, 0.3) is 0 Å². The minimum atomic E-state index is 0.777. The zero-order valence-electron chi connectivity index (χ0n) is 12.9. The van der Waals surface area contributed by atoms with E-state index < -0.39 is 0 Å². The van der Waals surface area contributed by atoms with Crippen LogP contribution in [0.2, 0.25) is 0 Å². The molecular weight excluding hydrogens is 320 g/mol. The standard InChI is InChI=1S/C19H15ClN4/c20-15-3-1-2-13(10-15)14-4-5-18-17(11-14)19(23-12-22-18)24-16-6-8-21-9-7-16/h2,4-12H,1,3H2,(H,21,22,23,24). The first-order valence-electron chi connectivity index (χ1n) is 7.78. The Balaban J connectivity index is 1.78. The number of rotatable bonds is 3. The fourth-order valence-electron chi connectivity index (χ4n) is 2.77. The molecule has 0 saturated carbocycles. The van der Waals surface area contributed by atoms with E-state index in [4.69, 9.17) is 11.6 Å². The lowest BCUT2D eigenvalue weighted by Crippen LogP contribution is -1.97. The quantitative estimate of drug-likeness (QED) is 0.726. The Morgan fingerprint density at radius 2 is 1.92 bits per heavy atom. The van der Waals surface area contributed by atoms with E-state index in [9.17, 15) is 0 Å². The Hall–Kier alpha value is -2.72. The molecule has 1 aliphatic rings. The molecule has 0 amide bonds. The second-order valence-corrected chi connectivity index (χ2v) is 6.09. The van der Waals surface area contributed by atoms with Crippen LogP contribution in [-0.4, -0.2) is 15.0 Å². The molecular formula is C19H15ClN4. The molecule has 0 atom stereocenters. The van der Waals surface area contributed by atoms with E-state index in [1.54, 1.807) is 18.7 Å². The van der Waals surface area contributed by atoms with Crippen molar-refractivity contribution in [3.63, 3.8) is 0 Å². The van der Waals surface area contributed by atoms with Crippen molar-refractivity contribution >= 4 is 39.6 Å². The first kappa shape index (κ1) is 14.8. The summed E-state index contributed by atoms with van der Waals surface area (Å²) in [7, 11) is 0. The van der Waals surface area contributed by atoms with Gasteiger partial charge in [0.15, 0.2) is 0 Å². The van der Waals surface area contributed by atoms with Crippen molar-refractivity contribution in [2.24, 2.45) is 0 Å². The summed E-state index contributed by atoms with van der Waals surface area (Å²) < 4.78 is 0. The Kier molecular flexibility index (Phi) is 3.97. The number of hydrogen-bond donors (Lipinski definition) is 1. The highest BCUT2D eigenvalue weighted by atomic mass is 35.5. The maximum atomic E-state index is 6.20. The second-order valence-electron chi connectivity index (χ2n) is 5.60. The SMILES string of the molecule is ClC1=CC(c2ccc3ncnc(Nc4ccncc4)c3c2)=CCC1. The zero-order chi connectivity index (χ0) is 16.4. The van der Waals surface area contributed by atoms with Crippen LogP contribution in [0, 0.1) is 0 Å². The topological polar surface area (TPSA) is 50.7 Å². The molecule has 118 valence electrons. The maximum absolute atomic E-state index is 6.20.